The number of hydrogen-bond donors (Lipinski definition) is 4. The minimum absolute atomic E-state index is 0.00426. The van der Waals surface area contributed by atoms with Gasteiger partial charge in [0.1, 0.15) is 0 Å². The van der Waals surface area contributed by atoms with Gasteiger partial charge in [-0.2, -0.15) is 0 Å². The van der Waals surface area contributed by atoms with Crippen molar-refractivity contribution in [3.05, 3.63) is 36.5 Å². The van der Waals surface area contributed by atoms with Gasteiger partial charge in [0.25, 0.3) is 0 Å². The van der Waals surface area contributed by atoms with Gasteiger partial charge >= 0.3 is 0 Å². The molecular formula is C40H75NO4. The number of aliphatic hydroxyl groups is 3. The van der Waals surface area contributed by atoms with E-state index in [1.165, 1.54) is 122 Å². The monoisotopic (exact) mass is 634 g/mol. The van der Waals surface area contributed by atoms with Crippen LogP contribution < -0.4 is 5.32 Å². The maximum atomic E-state index is 12.4. The van der Waals surface area contributed by atoms with Crippen LogP contribution in [-0.4, -0.2) is 46.1 Å². The fourth-order valence-corrected chi connectivity index (χ4v) is 5.66. The van der Waals surface area contributed by atoms with Gasteiger partial charge in [-0.15, -0.1) is 0 Å². The lowest BCUT2D eigenvalue weighted by atomic mass is 10.0. The molecule has 4 N–H and O–H groups in total. The third-order valence-corrected chi connectivity index (χ3v) is 8.66. The Kier molecular flexibility index (Phi) is 34.3. The first kappa shape index (κ1) is 43.6. The van der Waals surface area contributed by atoms with Gasteiger partial charge in [0.05, 0.1) is 31.3 Å². The molecule has 3 unspecified atom stereocenters. The smallest absolute Gasteiger partial charge is 0.222 e. The molecule has 0 aliphatic heterocycles. The van der Waals surface area contributed by atoms with Crippen LogP contribution in [0.3, 0.4) is 0 Å². The van der Waals surface area contributed by atoms with Crippen LogP contribution in [-0.2, 0) is 4.79 Å². The number of carbonyl (C=O) groups is 1. The van der Waals surface area contributed by atoms with Gasteiger partial charge in [-0.25, -0.2) is 0 Å². The maximum absolute atomic E-state index is 12.4. The predicted octanol–water partition coefficient (Wildman–Crippen LogP) is 10.4. The third kappa shape index (κ3) is 32.3. The molecule has 45 heavy (non-hydrogen) atoms. The molecule has 0 saturated carbocycles. The topological polar surface area (TPSA) is 89.8 Å². The first-order chi connectivity index (χ1) is 22.0. The van der Waals surface area contributed by atoms with Crippen molar-refractivity contribution in [3.8, 4) is 0 Å². The Morgan fingerprint density at radius 2 is 0.956 bits per heavy atom. The summed E-state index contributed by atoms with van der Waals surface area (Å²) in [5.41, 5.74) is 0. The van der Waals surface area contributed by atoms with Gasteiger partial charge in [-0.3, -0.25) is 4.79 Å². The highest BCUT2D eigenvalue weighted by Crippen LogP contribution is 2.14. The zero-order valence-corrected chi connectivity index (χ0v) is 29.7. The zero-order valence-electron chi connectivity index (χ0n) is 29.7. The molecule has 0 aliphatic rings. The zero-order chi connectivity index (χ0) is 33.1. The lowest BCUT2D eigenvalue weighted by Crippen LogP contribution is -2.45. The molecule has 0 aromatic heterocycles. The van der Waals surface area contributed by atoms with Crippen molar-refractivity contribution in [1.82, 2.24) is 5.32 Å². The van der Waals surface area contributed by atoms with Crippen LogP contribution in [0.25, 0.3) is 0 Å². The summed E-state index contributed by atoms with van der Waals surface area (Å²) in [6.45, 7) is 4.17. The second-order valence-corrected chi connectivity index (χ2v) is 13.2. The van der Waals surface area contributed by atoms with Crippen molar-refractivity contribution in [2.45, 2.75) is 205 Å². The second-order valence-electron chi connectivity index (χ2n) is 13.2. The molecule has 0 saturated heterocycles. The number of aliphatic hydroxyl groups excluding tert-OH is 3. The highest BCUT2D eigenvalue weighted by Gasteiger charge is 2.20. The first-order valence-electron chi connectivity index (χ1n) is 19.3. The summed E-state index contributed by atoms with van der Waals surface area (Å²) in [4.78, 5) is 12.4. The Balaban J connectivity index is 3.80. The van der Waals surface area contributed by atoms with Crippen LogP contribution in [0.15, 0.2) is 36.5 Å². The largest absolute Gasteiger partial charge is 0.394 e. The molecule has 0 radical (unpaired) electrons. The SMILES string of the molecule is CCCCCCCCC/C=C/CC/C=C/CC/C=C/C(O)C(CO)NC(=O)CC(O)CCCCCCCCCCCCCCC. The van der Waals surface area contributed by atoms with E-state index in [4.69, 9.17) is 0 Å². The molecule has 0 aromatic rings. The van der Waals surface area contributed by atoms with Crippen molar-refractivity contribution in [3.63, 3.8) is 0 Å². The third-order valence-electron chi connectivity index (χ3n) is 8.66. The molecule has 5 heteroatoms. The van der Waals surface area contributed by atoms with Gasteiger partial charge in [0.15, 0.2) is 0 Å². The molecule has 0 spiro atoms. The fourth-order valence-electron chi connectivity index (χ4n) is 5.66. The molecule has 1 amide bonds. The summed E-state index contributed by atoms with van der Waals surface area (Å²) in [5.74, 6) is -0.330. The average Bonchev–Trinajstić information content (AvgIpc) is 3.03. The minimum atomic E-state index is -0.956. The Hall–Kier alpha value is -1.43. The number of amides is 1. The lowest BCUT2D eigenvalue weighted by molar-refractivity contribution is -0.124. The number of nitrogens with one attached hydrogen (secondary N) is 1. The molecule has 0 aromatic carbocycles. The van der Waals surface area contributed by atoms with E-state index in [0.29, 0.717) is 6.42 Å². The summed E-state index contributed by atoms with van der Waals surface area (Å²) in [5, 5.41) is 33.0. The van der Waals surface area contributed by atoms with Gasteiger partial charge < -0.3 is 20.6 Å². The molecule has 5 nitrogen and oxygen atoms in total. The van der Waals surface area contributed by atoms with Gasteiger partial charge in [-0.1, -0.05) is 172 Å². The van der Waals surface area contributed by atoms with E-state index in [9.17, 15) is 20.1 Å². The lowest BCUT2D eigenvalue weighted by Gasteiger charge is -2.21. The van der Waals surface area contributed by atoms with Crippen LogP contribution >= 0.6 is 0 Å². The number of unbranched alkanes of at least 4 members (excludes halogenated alkanes) is 21. The van der Waals surface area contributed by atoms with Gasteiger partial charge in [-0.05, 0) is 44.9 Å². The first-order valence-corrected chi connectivity index (χ1v) is 19.3. The molecule has 0 heterocycles. The molecule has 0 fully saturated rings. The average molecular weight is 634 g/mol. The molecule has 0 bridgehead atoms. The molecule has 3 atom stereocenters. The standard InChI is InChI=1S/C40H75NO4/c1-3-5-7-9-11-13-15-17-18-19-20-22-24-26-28-30-32-34-39(44)38(36-42)41-40(45)35-37(43)33-31-29-27-25-23-21-16-14-12-10-8-6-4-2/h18-19,24,26,32,34,37-39,42-44H,3-17,20-23,25,27-31,33,35-36H2,1-2H3,(H,41,45)/b19-18+,26-24+,34-32+. The number of hydrogen-bond acceptors (Lipinski definition) is 4. The molecule has 0 aliphatic carbocycles. The summed E-state index contributed by atoms with van der Waals surface area (Å²) < 4.78 is 0. The van der Waals surface area contributed by atoms with E-state index >= 15 is 0 Å². The minimum Gasteiger partial charge on any atom is -0.394 e. The van der Waals surface area contributed by atoms with Crippen LogP contribution in [0, 0.1) is 0 Å². The van der Waals surface area contributed by atoms with E-state index in [1.54, 1.807) is 6.08 Å². The van der Waals surface area contributed by atoms with E-state index < -0.39 is 18.2 Å². The maximum Gasteiger partial charge on any atom is 0.222 e. The van der Waals surface area contributed by atoms with Crippen molar-refractivity contribution >= 4 is 5.91 Å². The van der Waals surface area contributed by atoms with E-state index in [1.807, 2.05) is 6.08 Å². The van der Waals surface area contributed by atoms with Crippen molar-refractivity contribution in [1.29, 1.82) is 0 Å². The van der Waals surface area contributed by atoms with Gasteiger partial charge in [0.2, 0.25) is 5.91 Å². The second kappa shape index (κ2) is 35.4. The highest BCUT2D eigenvalue weighted by atomic mass is 16.3. The fraction of sp³-hybridized carbons (Fsp3) is 0.825. The van der Waals surface area contributed by atoms with Crippen LogP contribution in [0.1, 0.15) is 187 Å². The number of carbonyl (C=O) groups excluding carboxylic acids is 1. The predicted molar refractivity (Wildman–Crippen MR) is 194 cm³/mol. The number of allylic oxidation sites excluding steroid dienone is 5. The van der Waals surface area contributed by atoms with E-state index in [2.05, 4.69) is 43.5 Å². The van der Waals surface area contributed by atoms with Crippen LogP contribution in [0.2, 0.25) is 0 Å². The summed E-state index contributed by atoms with van der Waals surface area (Å²) >= 11 is 0. The molecular weight excluding hydrogens is 558 g/mol. The van der Waals surface area contributed by atoms with E-state index in [0.717, 1.165) is 38.5 Å². The number of rotatable bonds is 34. The highest BCUT2D eigenvalue weighted by molar-refractivity contribution is 5.76. The quantitative estimate of drug-likeness (QED) is 0.0419. The van der Waals surface area contributed by atoms with Crippen molar-refractivity contribution in [2.24, 2.45) is 0 Å². The Morgan fingerprint density at radius 3 is 1.42 bits per heavy atom. The summed E-state index contributed by atoms with van der Waals surface area (Å²) in [7, 11) is 0. The van der Waals surface area contributed by atoms with Gasteiger partial charge in [0, 0.05) is 0 Å². The Bertz CT molecular complexity index is 704. The summed E-state index contributed by atoms with van der Waals surface area (Å²) in [6.07, 6.45) is 42.7. The van der Waals surface area contributed by atoms with Crippen molar-refractivity contribution in [2.75, 3.05) is 6.61 Å². The molecule has 264 valence electrons. The van der Waals surface area contributed by atoms with E-state index in [-0.39, 0.29) is 18.9 Å². The normalized spacial score (nSPS) is 14.2. The Morgan fingerprint density at radius 1 is 0.556 bits per heavy atom. The molecule has 0 rings (SSSR count). The Labute approximate surface area is 279 Å². The summed E-state index contributed by atoms with van der Waals surface area (Å²) in [6, 6.07) is -0.763. The van der Waals surface area contributed by atoms with Crippen LogP contribution in [0.5, 0.6) is 0 Å². The van der Waals surface area contributed by atoms with Crippen molar-refractivity contribution < 1.29 is 20.1 Å². The van der Waals surface area contributed by atoms with Crippen LogP contribution in [0.4, 0.5) is 0 Å².